The summed E-state index contributed by atoms with van der Waals surface area (Å²) in [6.07, 6.45) is 5.22. The molecule has 2 N–H and O–H groups in total. The number of nitrogens with one attached hydrogen (secondary N) is 2. The maximum absolute atomic E-state index is 3.48. The highest BCUT2D eigenvalue weighted by atomic mass is 15.4. The van der Waals surface area contributed by atoms with Gasteiger partial charge in [0.15, 0.2) is 0 Å². The molecule has 1 aliphatic carbocycles. The largest absolute Gasteiger partial charge is 0.254 e. The molecule has 2 aliphatic rings. The predicted octanol–water partition coefficient (Wildman–Crippen LogP) is 2.83. The van der Waals surface area contributed by atoms with E-state index in [1.165, 1.54) is 31.2 Å². The summed E-state index contributed by atoms with van der Waals surface area (Å²) >= 11 is 0. The van der Waals surface area contributed by atoms with Gasteiger partial charge in [-0.3, -0.25) is 10.9 Å². The first-order valence-electron chi connectivity index (χ1n) is 6.94. The zero-order chi connectivity index (χ0) is 11.7. The van der Waals surface area contributed by atoms with E-state index in [4.69, 9.17) is 0 Å². The smallest absolute Gasteiger partial charge is 0.0257 e. The molecule has 1 aromatic carbocycles. The van der Waals surface area contributed by atoms with Crippen molar-refractivity contribution in [3.8, 4) is 0 Å². The number of hydrogen-bond donors (Lipinski definition) is 2. The van der Waals surface area contributed by atoms with E-state index >= 15 is 0 Å². The molecule has 4 unspecified atom stereocenters. The van der Waals surface area contributed by atoms with E-state index in [0.717, 1.165) is 11.8 Å². The number of benzene rings is 1. The van der Waals surface area contributed by atoms with Gasteiger partial charge in [0.2, 0.25) is 0 Å². The van der Waals surface area contributed by atoms with Crippen molar-refractivity contribution in [1.29, 1.82) is 0 Å². The molecule has 1 aromatic rings. The summed E-state index contributed by atoms with van der Waals surface area (Å²) in [6, 6.07) is 12.4. The normalized spacial score (nSPS) is 36.8. The van der Waals surface area contributed by atoms with E-state index in [9.17, 15) is 0 Å². The molecule has 2 heteroatoms. The molecule has 3 rings (SSSR count). The first-order valence-corrected chi connectivity index (χ1v) is 6.94. The minimum atomic E-state index is 0.673. The average Bonchev–Trinajstić information content (AvgIpc) is 2.81. The van der Waals surface area contributed by atoms with Gasteiger partial charge in [0.25, 0.3) is 0 Å². The molecule has 2 fully saturated rings. The monoisotopic (exact) mass is 230 g/mol. The zero-order valence-corrected chi connectivity index (χ0v) is 10.5. The number of rotatable bonds is 2. The molecule has 1 aliphatic heterocycles. The van der Waals surface area contributed by atoms with Crippen LogP contribution >= 0.6 is 0 Å². The van der Waals surface area contributed by atoms with Gasteiger partial charge in [-0.25, -0.2) is 0 Å². The third kappa shape index (κ3) is 2.12. The Morgan fingerprint density at radius 1 is 1.12 bits per heavy atom. The first-order chi connectivity index (χ1) is 8.38. The van der Waals surface area contributed by atoms with E-state index in [2.05, 4.69) is 48.1 Å². The van der Waals surface area contributed by atoms with Crippen LogP contribution in [0.2, 0.25) is 0 Å². The van der Waals surface area contributed by atoms with Crippen molar-refractivity contribution in [2.24, 2.45) is 5.92 Å². The molecule has 92 valence electrons. The average molecular weight is 230 g/mol. The summed E-state index contributed by atoms with van der Waals surface area (Å²) in [4.78, 5) is 0. The van der Waals surface area contributed by atoms with E-state index in [0.29, 0.717) is 12.1 Å². The molecule has 0 bridgehead atoms. The Balaban J connectivity index is 1.74. The molecule has 0 spiro atoms. The van der Waals surface area contributed by atoms with Crippen molar-refractivity contribution in [2.75, 3.05) is 0 Å². The summed E-state index contributed by atoms with van der Waals surface area (Å²) in [7, 11) is 0. The molecule has 1 saturated carbocycles. The van der Waals surface area contributed by atoms with E-state index in [1.807, 2.05) is 0 Å². The van der Waals surface area contributed by atoms with Crippen LogP contribution in [0.4, 0.5) is 0 Å². The third-order valence-corrected chi connectivity index (χ3v) is 4.58. The quantitative estimate of drug-likeness (QED) is 0.816. The molecule has 4 atom stereocenters. The molecule has 1 saturated heterocycles. The lowest BCUT2D eigenvalue weighted by Crippen LogP contribution is -2.34. The predicted molar refractivity (Wildman–Crippen MR) is 70.7 cm³/mol. The van der Waals surface area contributed by atoms with Crippen LogP contribution < -0.4 is 10.9 Å². The summed E-state index contributed by atoms with van der Waals surface area (Å²) < 4.78 is 0. The Morgan fingerprint density at radius 2 is 1.94 bits per heavy atom. The molecule has 17 heavy (non-hydrogen) atoms. The molecule has 1 heterocycles. The van der Waals surface area contributed by atoms with Crippen molar-refractivity contribution in [3.63, 3.8) is 0 Å². The van der Waals surface area contributed by atoms with Gasteiger partial charge in [-0.1, -0.05) is 37.3 Å². The van der Waals surface area contributed by atoms with Crippen molar-refractivity contribution in [3.05, 3.63) is 35.9 Å². The highest BCUT2D eigenvalue weighted by Crippen LogP contribution is 2.39. The van der Waals surface area contributed by atoms with Gasteiger partial charge < -0.3 is 0 Å². The summed E-state index contributed by atoms with van der Waals surface area (Å²) in [5.74, 6) is 1.59. The fourth-order valence-electron chi connectivity index (χ4n) is 3.58. The second-order valence-electron chi connectivity index (χ2n) is 5.49. The lowest BCUT2D eigenvalue weighted by atomic mass is 9.73. The Morgan fingerprint density at radius 3 is 2.71 bits per heavy atom. The van der Waals surface area contributed by atoms with Crippen LogP contribution in [0.1, 0.15) is 44.1 Å². The van der Waals surface area contributed by atoms with Crippen LogP contribution in [0.5, 0.6) is 0 Å². The second-order valence-corrected chi connectivity index (χ2v) is 5.49. The second kappa shape index (κ2) is 4.79. The maximum atomic E-state index is 3.48. The summed E-state index contributed by atoms with van der Waals surface area (Å²) in [5.41, 5.74) is 8.49. The highest BCUT2D eigenvalue weighted by molar-refractivity contribution is 5.21. The zero-order valence-electron chi connectivity index (χ0n) is 10.5. The Hall–Kier alpha value is -0.860. The lowest BCUT2D eigenvalue weighted by Gasteiger charge is -2.33. The third-order valence-electron chi connectivity index (χ3n) is 4.58. The van der Waals surface area contributed by atoms with Crippen LogP contribution in [-0.2, 0) is 0 Å². The van der Waals surface area contributed by atoms with Crippen molar-refractivity contribution >= 4 is 0 Å². The van der Waals surface area contributed by atoms with Crippen LogP contribution in [0.3, 0.4) is 0 Å². The van der Waals surface area contributed by atoms with Crippen molar-refractivity contribution < 1.29 is 0 Å². The van der Waals surface area contributed by atoms with Crippen LogP contribution in [0, 0.1) is 5.92 Å². The summed E-state index contributed by atoms with van der Waals surface area (Å²) in [5, 5.41) is 0. The van der Waals surface area contributed by atoms with Gasteiger partial charge in [0.05, 0.1) is 0 Å². The van der Waals surface area contributed by atoms with Crippen LogP contribution in [0.25, 0.3) is 0 Å². The lowest BCUT2D eigenvalue weighted by molar-refractivity contribution is 0.274. The van der Waals surface area contributed by atoms with Gasteiger partial charge in [-0.2, -0.15) is 0 Å². The minimum Gasteiger partial charge on any atom is -0.254 e. The van der Waals surface area contributed by atoms with Gasteiger partial charge in [0, 0.05) is 12.1 Å². The van der Waals surface area contributed by atoms with Gasteiger partial charge in [-0.15, -0.1) is 0 Å². The van der Waals surface area contributed by atoms with Crippen molar-refractivity contribution in [1.82, 2.24) is 10.9 Å². The Kier molecular flexibility index (Phi) is 3.17. The number of hydrazine groups is 1. The SMILES string of the molecule is CCC1NNC2CCC(c3ccccc3)CC12. The fourth-order valence-corrected chi connectivity index (χ4v) is 3.58. The number of hydrogen-bond acceptors (Lipinski definition) is 2. The summed E-state index contributed by atoms with van der Waals surface area (Å²) in [6.45, 7) is 2.29. The van der Waals surface area contributed by atoms with Gasteiger partial charge >= 0.3 is 0 Å². The highest BCUT2D eigenvalue weighted by Gasteiger charge is 2.39. The molecular formula is C15H22N2. The minimum absolute atomic E-state index is 0.673. The standard InChI is InChI=1S/C15H22N2/c1-2-14-13-10-12(8-9-15(13)17-16-14)11-6-4-3-5-7-11/h3-7,12-17H,2,8-10H2,1H3. The molecule has 0 radical (unpaired) electrons. The Labute approximate surface area is 104 Å². The fraction of sp³-hybridized carbons (Fsp3) is 0.600. The van der Waals surface area contributed by atoms with E-state index < -0.39 is 0 Å². The molecular weight excluding hydrogens is 208 g/mol. The van der Waals surface area contributed by atoms with Crippen LogP contribution in [-0.4, -0.2) is 12.1 Å². The van der Waals surface area contributed by atoms with Gasteiger partial charge in [-0.05, 0) is 43.1 Å². The Bertz CT molecular complexity index is 356. The molecule has 2 nitrogen and oxygen atoms in total. The maximum Gasteiger partial charge on any atom is 0.0257 e. The number of fused-ring (bicyclic) bond motifs is 1. The van der Waals surface area contributed by atoms with E-state index in [1.54, 1.807) is 0 Å². The molecule has 0 amide bonds. The van der Waals surface area contributed by atoms with E-state index in [-0.39, 0.29) is 0 Å². The van der Waals surface area contributed by atoms with Crippen LogP contribution in [0.15, 0.2) is 30.3 Å². The first kappa shape index (κ1) is 11.2. The van der Waals surface area contributed by atoms with Crippen molar-refractivity contribution in [2.45, 2.75) is 50.6 Å². The van der Waals surface area contributed by atoms with Gasteiger partial charge in [0.1, 0.15) is 0 Å². The topological polar surface area (TPSA) is 24.1 Å². The molecule has 0 aromatic heterocycles.